The summed E-state index contributed by atoms with van der Waals surface area (Å²) in [7, 11) is 0. The number of hydrogen-bond acceptors (Lipinski definition) is 5. The molecule has 4 aliphatic rings. The van der Waals surface area contributed by atoms with Crippen molar-refractivity contribution in [2.24, 2.45) is 5.73 Å². The zero-order valence-electron chi connectivity index (χ0n) is 15.3. The van der Waals surface area contributed by atoms with Gasteiger partial charge >= 0.3 is 5.97 Å². The van der Waals surface area contributed by atoms with Gasteiger partial charge in [0, 0.05) is 12.1 Å². The summed E-state index contributed by atoms with van der Waals surface area (Å²) in [6.07, 6.45) is 8.41. The monoisotopic (exact) mass is 356 g/mol. The Morgan fingerprint density at radius 1 is 1.00 bits per heavy atom. The first kappa shape index (κ1) is 20.1. The minimum atomic E-state index is -0.826. The van der Waals surface area contributed by atoms with Gasteiger partial charge in [-0.15, -0.1) is 0 Å². The maximum Gasteiger partial charge on any atom is 0.335 e. The van der Waals surface area contributed by atoms with E-state index in [2.05, 4.69) is 12.2 Å². The molecule has 0 aromatic carbocycles. The van der Waals surface area contributed by atoms with Crippen LogP contribution in [0, 0.1) is 0 Å². The molecule has 0 aromatic rings. The summed E-state index contributed by atoms with van der Waals surface area (Å²) in [6, 6.07) is 1.05. The van der Waals surface area contributed by atoms with Crippen LogP contribution >= 0.6 is 0 Å². The van der Waals surface area contributed by atoms with Crippen LogP contribution in [0.4, 0.5) is 0 Å². The first-order valence-corrected chi connectivity index (χ1v) is 9.55. The van der Waals surface area contributed by atoms with Crippen molar-refractivity contribution in [3.63, 3.8) is 0 Å². The summed E-state index contributed by atoms with van der Waals surface area (Å²) < 4.78 is 10.1. The van der Waals surface area contributed by atoms with Crippen LogP contribution in [0.25, 0.3) is 0 Å². The number of rotatable bonds is 7. The van der Waals surface area contributed by atoms with Crippen molar-refractivity contribution in [3.8, 4) is 0 Å². The number of nitrogens with one attached hydrogen (secondary N) is 1. The predicted molar refractivity (Wildman–Crippen MR) is 93.1 cm³/mol. The second kappa shape index (κ2) is 9.50. The number of carbonyl (C=O) groups excluding carboxylic acids is 1. The number of aliphatic carboxylic acids is 1. The Bertz CT molecular complexity index is 451. The highest BCUT2D eigenvalue weighted by Crippen LogP contribution is 2.28. The van der Waals surface area contributed by atoms with E-state index in [-0.39, 0.29) is 24.2 Å². The molecular formula is C18H32N2O5. The Morgan fingerprint density at radius 2 is 1.48 bits per heavy atom. The second-order valence-corrected chi connectivity index (χ2v) is 7.23. The van der Waals surface area contributed by atoms with Crippen molar-refractivity contribution in [1.29, 1.82) is 0 Å². The van der Waals surface area contributed by atoms with Gasteiger partial charge in [-0.2, -0.15) is 0 Å². The third-order valence-electron chi connectivity index (χ3n) is 4.36. The molecule has 144 valence electrons. The van der Waals surface area contributed by atoms with Crippen LogP contribution in [0.15, 0.2) is 0 Å². The number of amides is 1. The molecule has 25 heavy (non-hydrogen) atoms. The number of carboxylic acids is 1. The molecule has 0 spiro atoms. The predicted octanol–water partition coefficient (Wildman–Crippen LogP) is 1.58. The van der Waals surface area contributed by atoms with Crippen LogP contribution in [0.1, 0.15) is 65.2 Å². The molecule has 4 fully saturated rings. The van der Waals surface area contributed by atoms with E-state index < -0.39 is 12.1 Å². The van der Waals surface area contributed by atoms with Crippen LogP contribution < -0.4 is 11.1 Å². The van der Waals surface area contributed by atoms with E-state index in [4.69, 9.17) is 20.3 Å². The van der Waals surface area contributed by atoms with E-state index in [0.717, 1.165) is 38.5 Å². The molecular weight excluding hydrogens is 324 g/mol. The summed E-state index contributed by atoms with van der Waals surface area (Å²) in [5.41, 5.74) is 5.22. The van der Waals surface area contributed by atoms with Crippen LogP contribution in [0.2, 0.25) is 0 Å². The Morgan fingerprint density at radius 3 is 1.84 bits per heavy atom. The van der Waals surface area contributed by atoms with E-state index in [9.17, 15) is 9.59 Å². The summed E-state index contributed by atoms with van der Waals surface area (Å²) in [5, 5.41) is 11.3. The standard InChI is InChI=1S/C9H15NO2.C6H10O3.C3H7N/c1-2-3-7-8(12-7)9(11)10-6-4-5-6;1-2-3-4-5(9-4)6(7)8;4-3-1-2-3/h6-8H,2-5H2,1H3,(H,10,11);4-5H,2-3H2,1H3,(H,7,8);3H,1-2,4H2. The van der Waals surface area contributed by atoms with Gasteiger partial charge in [0.1, 0.15) is 0 Å². The highest BCUT2D eigenvalue weighted by Gasteiger charge is 2.45. The molecule has 2 saturated carbocycles. The molecule has 7 heteroatoms. The highest BCUT2D eigenvalue weighted by atomic mass is 16.6. The van der Waals surface area contributed by atoms with Gasteiger partial charge in [0.15, 0.2) is 12.2 Å². The first-order valence-electron chi connectivity index (χ1n) is 9.55. The van der Waals surface area contributed by atoms with Crippen LogP contribution in [-0.4, -0.2) is 53.5 Å². The smallest absolute Gasteiger partial charge is 0.335 e. The van der Waals surface area contributed by atoms with Crippen molar-refractivity contribution >= 4 is 11.9 Å². The fourth-order valence-corrected chi connectivity index (χ4v) is 2.35. The van der Waals surface area contributed by atoms with Gasteiger partial charge in [0.05, 0.1) is 12.2 Å². The van der Waals surface area contributed by atoms with Gasteiger partial charge in [-0.05, 0) is 38.5 Å². The topological polar surface area (TPSA) is 117 Å². The van der Waals surface area contributed by atoms with E-state index in [1.807, 2.05) is 6.92 Å². The van der Waals surface area contributed by atoms with Gasteiger partial charge < -0.3 is 25.6 Å². The van der Waals surface area contributed by atoms with Crippen LogP contribution in [0.5, 0.6) is 0 Å². The normalized spacial score (nSPS) is 31.6. The van der Waals surface area contributed by atoms with Gasteiger partial charge in [0.25, 0.3) is 5.91 Å². The molecule has 4 atom stereocenters. The average Bonchev–Trinajstić information content (AvgIpc) is 3.40. The van der Waals surface area contributed by atoms with Gasteiger partial charge in [-0.25, -0.2) is 4.79 Å². The molecule has 4 rings (SSSR count). The zero-order valence-corrected chi connectivity index (χ0v) is 15.3. The number of carboxylic acid groups (broad SMARTS) is 1. The van der Waals surface area contributed by atoms with E-state index in [1.165, 1.54) is 12.8 Å². The van der Waals surface area contributed by atoms with Gasteiger partial charge in [-0.1, -0.05) is 26.7 Å². The molecule has 1 amide bonds. The minimum absolute atomic E-state index is 0.00694. The number of hydrogen-bond donors (Lipinski definition) is 3. The number of nitrogens with two attached hydrogens (primary N) is 1. The SMILES string of the molecule is CCCC1OC1C(=O)NC1CC1.CCCC1OC1C(=O)O.NC1CC1. The number of carbonyl (C=O) groups is 2. The molecule has 2 aliphatic carbocycles. The lowest BCUT2D eigenvalue weighted by Gasteiger charge is -1.97. The lowest BCUT2D eigenvalue weighted by molar-refractivity contribution is -0.138. The molecule has 0 aromatic heterocycles. The summed E-state index contributed by atoms with van der Waals surface area (Å²) in [5.74, 6) is -0.718. The third-order valence-corrected chi connectivity index (χ3v) is 4.36. The van der Waals surface area contributed by atoms with Gasteiger partial charge in [-0.3, -0.25) is 4.79 Å². The molecule has 7 nitrogen and oxygen atoms in total. The molecule has 2 saturated heterocycles. The summed E-state index contributed by atoms with van der Waals surface area (Å²) in [4.78, 5) is 21.4. The highest BCUT2D eigenvalue weighted by molar-refractivity contribution is 5.84. The molecule has 2 heterocycles. The molecule has 0 bridgehead atoms. The summed E-state index contributed by atoms with van der Waals surface area (Å²) >= 11 is 0. The summed E-state index contributed by atoms with van der Waals surface area (Å²) in [6.45, 7) is 4.12. The third kappa shape index (κ3) is 8.16. The maximum atomic E-state index is 11.3. The lowest BCUT2D eigenvalue weighted by atomic mass is 10.2. The van der Waals surface area contributed by atoms with Crippen LogP contribution in [0.3, 0.4) is 0 Å². The molecule has 2 aliphatic heterocycles. The minimum Gasteiger partial charge on any atom is -0.479 e. The fraction of sp³-hybridized carbons (Fsp3) is 0.889. The van der Waals surface area contributed by atoms with Gasteiger partial charge in [0.2, 0.25) is 0 Å². The van der Waals surface area contributed by atoms with E-state index >= 15 is 0 Å². The quantitative estimate of drug-likeness (QED) is 0.596. The first-order chi connectivity index (χ1) is 12.0. The van der Waals surface area contributed by atoms with E-state index in [0.29, 0.717) is 12.1 Å². The zero-order chi connectivity index (χ0) is 18.4. The Kier molecular flexibility index (Phi) is 7.65. The van der Waals surface area contributed by atoms with Crippen molar-refractivity contribution < 1.29 is 24.2 Å². The fourth-order valence-electron chi connectivity index (χ4n) is 2.35. The molecule has 4 N–H and O–H groups in total. The number of epoxide rings is 2. The molecule has 0 radical (unpaired) electrons. The maximum absolute atomic E-state index is 11.3. The molecule has 4 unspecified atom stereocenters. The van der Waals surface area contributed by atoms with Crippen molar-refractivity contribution in [2.45, 2.75) is 102 Å². The lowest BCUT2D eigenvalue weighted by Crippen LogP contribution is -2.30. The largest absolute Gasteiger partial charge is 0.479 e. The van der Waals surface area contributed by atoms with E-state index in [1.54, 1.807) is 0 Å². The second-order valence-electron chi connectivity index (χ2n) is 7.23. The Balaban J connectivity index is 0.000000152. The Labute approximate surface area is 149 Å². The van der Waals surface area contributed by atoms with Crippen molar-refractivity contribution in [3.05, 3.63) is 0 Å². The van der Waals surface area contributed by atoms with Crippen molar-refractivity contribution in [2.75, 3.05) is 0 Å². The van der Waals surface area contributed by atoms with Crippen molar-refractivity contribution in [1.82, 2.24) is 5.32 Å². The number of ether oxygens (including phenoxy) is 2. The average molecular weight is 356 g/mol. The van der Waals surface area contributed by atoms with Crippen LogP contribution in [-0.2, 0) is 19.1 Å². The Hall–Kier alpha value is -1.18.